The quantitative estimate of drug-likeness (QED) is 0.0724. The second kappa shape index (κ2) is 17.8. The number of hydroxylamine groups is 1. The maximum atomic E-state index is 12.5. The molecule has 4 N–H and O–H groups in total. The molecule has 49 heavy (non-hydrogen) atoms. The number of piperazine rings is 1. The van der Waals surface area contributed by atoms with Gasteiger partial charge in [0.05, 0.1) is 23.7 Å². The molecule has 5 rings (SSSR count). The van der Waals surface area contributed by atoms with Crippen molar-refractivity contribution < 1.29 is 34.3 Å². The third-order valence-electron chi connectivity index (χ3n) is 9.02. The molecule has 3 aromatic rings. The summed E-state index contributed by atoms with van der Waals surface area (Å²) in [7, 11) is 0. The number of nitrogens with zero attached hydrogens (tertiary/aromatic N) is 3. The van der Waals surface area contributed by atoms with Gasteiger partial charge in [0.2, 0.25) is 11.8 Å². The number of unbranched alkanes of at least 4 members (excludes halogenated alkanes) is 3. The van der Waals surface area contributed by atoms with Crippen molar-refractivity contribution in [3.8, 4) is 0 Å². The summed E-state index contributed by atoms with van der Waals surface area (Å²) in [5, 5.41) is 32.1. The Kier molecular flexibility index (Phi) is 13.1. The van der Waals surface area contributed by atoms with E-state index in [1.165, 1.54) is 0 Å². The zero-order chi connectivity index (χ0) is 34.6. The lowest BCUT2D eigenvalue weighted by atomic mass is 9.99. The fourth-order valence-electron chi connectivity index (χ4n) is 6.22. The number of anilines is 2. The highest BCUT2D eigenvalue weighted by Crippen LogP contribution is 2.38. The maximum Gasteiger partial charge on any atom is 0.269 e. The van der Waals surface area contributed by atoms with E-state index in [-0.39, 0.29) is 41.8 Å². The third-order valence-corrected chi connectivity index (χ3v) is 9.02. The molecule has 0 bridgehead atoms. The zero-order valence-corrected chi connectivity index (χ0v) is 27.5. The zero-order valence-electron chi connectivity index (χ0n) is 27.5. The minimum absolute atomic E-state index is 0.0274. The largest absolute Gasteiger partial charge is 0.392 e. The van der Waals surface area contributed by atoms with Crippen LogP contribution in [0.15, 0.2) is 72.8 Å². The molecule has 13 nitrogen and oxygen atoms in total. The van der Waals surface area contributed by atoms with Crippen LogP contribution < -0.4 is 15.7 Å². The Hall–Kier alpha value is -4.40. The fourth-order valence-corrected chi connectivity index (χ4v) is 6.22. The summed E-state index contributed by atoms with van der Waals surface area (Å²) in [6.07, 6.45) is 3.39. The first kappa shape index (κ1) is 35.9. The molecular formula is C36H45N5O8. The molecule has 262 valence electrons. The van der Waals surface area contributed by atoms with Crippen molar-refractivity contribution in [2.45, 2.75) is 70.1 Å². The Bertz CT molecular complexity index is 1510. The van der Waals surface area contributed by atoms with Gasteiger partial charge in [0, 0.05) is 81.1 Å². The van der Waals surface area contributed by atoms with Crippen molar-refractivity contribution in [3.63, 3.8) is 0 Å². The number of nitro benzene ring substituents is 1. The molecule has 13 heteroatoms. The predicted molar refractivity (Wildman–Crippen MR) is 183 cm³/mol. The summed E-state index contributed by atoms with van der Waals surface area (Å²) in [6, 6.07) is 22.0. The predicted octanol–water partition coefficient (Wildman–Crippen LogP) is 5.24. The van der Waals surface area contributed by atoms with Crippen molar-refractivity contribution in [3.05, 3.63) is 99.6 Å². The molecule has 0 saturated carbocycles. The first-order valence-electron chi connectivity index (χ1n) is 16.9. The molecule has 2 amide bonds. The van der Waals surface area contributed by atoms with Gasteiger partial charge in [0.15, 0.2) is 6.29 Å². The van der Waals surface area contributed by atoms with Gasteiger partial charge < -0.3 is 24.8 Å². The number of amides is 2. The Morgan fingerprint density at radius 2 is 1.45 bits per heavy atom. The van der Waals surface area contributed by atoms with Crippen LogP contribution in [0, 0.1) is 10.1 Å². The van der Waals surface area contributed by atoms with Crippen molar-refractivity contribution in [1.82, 2.24) is 10.4 Å². The molecule has 2 heterocycles. The molecule has 2 fully saturated rings. The summed E-state index contributed by atoms with van der Waals surface area (Å²) < 4.78 is 13.0. The van der Waals surface area contributed by atoms with Crippen molar-refractivity contribution in [1.29, 1.82) is 0 Å². The number of hydrogen-bond acceptors (Lipinski definition) is 10. The monoisotopic (exact) mass is 675 g/mol. The molecule has 2 aliphatic rings. The van der Waals surface area contributed by atoms with Gasteiger partial charge in [-0.25, -0.2) is 5.48 Å². The van der Waals surface area contributed by atoms with E-state index in [1.807, 2.05) is 48.5 Å². The highest BCUT2D eigenvalue weighted by atomic mass is 16.7. The number of benzene rings is 3. The first-order valence-corrected chi connectivity index (χ1v) is 16.9. The van der Waals surface area contributed by atoms with E-state index in [0.29, 0.717) is 31.4 Å². The molecule has 2 aliphatic heterocycles. The van der Waals surface area contributed by atoms with Crippen LogP contribution in [0.1, 0.15) is 74.0 Å². The number of ether oxygens (including phenoxy) is 2. The van der Waals surface area contributed by atoms with Crippen LogP contribution in [-0.4, -0.2) is 70.8 Å². The highest BCUT2D eigenvalue weighted by Gasteiger charge is 2.34. The molecule has 2 saturated heterocycles. The van der Waals surface area contributed by atoms with Crippen LogP contribution in [0.4, 0.5) is 17.1 Å². The van der Waals surface area contributed by atoms with E-state index < -0.39 is 12.2 Å². The van der Waals surface area contributed by atoms with E-state index in [1.54, 1.807) is 29.7 Å². The second-order valence-electron chi connectivity index (χ2n) is 12.5. The lowest BCUT2D eigenvalue weighted by Crippen LogP contribution is -2.49. The van der Waals surface area contributed by atoms with Crippen LogP contribution in [0.3, 0.4) is 0 Å². The number of aliphatic hydroxyl groups excluding tert-OH is 1. The second-order valence-corrected chi connectivity index (χ2v) is 12.5. The third kappa shape index (κ3) is 10.5. The van der Waals surface area contributed by atoms with Crippen LogP contribution >= 0.6 is 0 Å². The summed E-state index contributed by atoms with van der Waals surface area (Å²) >= 11 is 0. The van der Waals surface area contributed by atoms with Crippen molar-refractivity contribution in [2.75, 3.05) is 42.9 Å². The molecule has 0 aliphatic carbocycles. The Morgan fingerprint density at radius 1 is 0.816 bits per heavy atom. The Labute approximate surface area is 285 Å². The number of rotatable bonds is 15. The molecule has 3 aromatic carbocycles. The lowest BCUT2D eigenvalue weighted by molar-refractivity contribution is -0.384. The van der Waals surface area contributed by atoms with Crippen molar-refractivity contribution >= 4 is 28.9 Å². The van der Waals surface area contributed by atoms with E-state index >= 15 is 0 Å². The molecule has 0 radical (unpaired) electrons. The van der Waals surface area contributed by atoms with Crippen LogP contribution in [0.5, 0.6) is 0 Å². The van der Waals surface area contributed by atoms with E-state index in [4.69, 9.17) is 14.7 Å². The number of nitro groups is 1. The van der Waals surface area contributed by atoms with Gasteiger partial charge in [0.25, 0.3) is 5.69 Å². The van der Waals surface area contributed by atoms with Gasteiger partial charge in [-0.3, -0.25) is 29.8 Å². The summed E-state index contributed by atoms with van der Waals surface area (Å²) in [4.78, 5) is 38.8. The SMILES string of the molecule is O=C(CCCCCCC(=O)Nc1ccc(C2OC(CN3CCN(c4ccc([N+](=O)[O-])cc4)CC3)CC(c3ccc(CO)cc3)O2)cc1)NO. The summed E-state index contributed by atoms with van der Waals surface area (Å²) in [6.45, 7) is 3.95. The number of non-ortho nitro benzene ring substituents is 1. The smallest absolute Gasteiger partial charge is 0.269 e. The van der Waals surface area contributed by atoms with Crippen LogP contribution in [0.25, 0.3) is 0 Å². The normalized spacial score (nSPS) is 19.7. The van der Waals surface area contributed by atoms with Gasteiger partial charge in [-0.15, -0.1) is 0 Å². The van der Waals surface area contributed by atoms with Crippen LogP contribution in [-0.2, 0) is 25.7 Å². The van der Waals surface area contributed by atoms with E-state index in [2.05, 4.69) is 15.1 Å². The summed E-state index contributed by atoms with van der Waals surface area (Å²) in [5.41, 5.74) is 6.05. The minimum Gasteiger partial charge on any atom is -0.392 e. The molecule has 0 aromatic heterocycles. The average Bonchev–Trinajstić information content (AvgIpc) is 3.13. The lowest BCUT2D eigenvalue weighted by Gasteiger charge is -2.41. The van der Waals surface area contributed by atoms with Crippen molar-refractivity contribution in [2.24, 2.45) is 0 Å². The Balaban J connectivity index is 1.16. The van der Waals surface area contributed by atoms with Crippen LogP contribution in [0.2, 0.25) is 0 Å². The van der Waals surface area contributed by atoms with Gasteiger partial charge in [-0.2, -0.15) is 0 Å². The van der Waals surface area contributed by atoms with E-state index in [0.717, 1.165) is 67.9 Å². The van der Waals surface area contributed by atoms with Gasteiger partial charge in [0.1, 0.15) is 0 Å². The van der Waals surface area contributed by atoms with Gasteiger partial charge in [-0.05, 0) is 48.2 Å². The molecule has 3 unspecified atom stereocenters. The number of nitrogens with one attached hydrogen (secondary N) is 2. The number of hydrogen-bond donors (Lipinski definition) is 4. The highest BCUT2D eigenvalue weighted by molar-refractivity contribution is 5.90. The molecule has 0 spiro atoms. The van der Waals surface area contributed by atoms with Gasteiger partial charge >= 0.3 is 0 Å². The Morgan fingerprint density at radius 3 is 2.06 bits per heavy atom. The number of carbonyl (C=O) groups excluding carboxylic acids is 2. The molecule has 3 atom stereocenters. The fraction of sp³-hybridized carbons (Fsp3) is 0.444. The maximum absolute atomic E-state index is 12.5. The average molecular weight is 676 g/mol. The minimum atomic E-state index is -0.611. The summed E-state index contributed by atoms with van der Waals surface area (Å²) in [5.74, 6) is -0.476. The number of aliphatic hydroxyl groups is 1. The van der Waals surface area contributed by atoms with Gasteiger partial charge in [-0.1, -0.05) is 49.2 Å². The first-order chi connectivity index (χ1) is 23.8. The number of carbonyl (C=O) groups is 2. The molecular weight excluding hydrogens is 630 g/mol. The topological polar surface area (TPSA) is 167 Å². The standard InChI is InChI=1S/C36H45N5O8/c42-25-26-7-9-27(10-8-26)33-23-32(24-39-19-21-40(22-20-39)30-15-17-31(18-16-30)41(46)47)48-36(49-33)28-11-13-29(14-12-28)37-34(43)5-3-1-2-4-6-35(44)38-45/h7-18,32-33,36,42,45H,1-6,19-25H2,(H,37,43)(H,38,44). The van der Waals surface area contributed by atoms with E-state index in [9.17, 15) is 24.8 Å².